The third kappa shape index (κ3) is 3.50. The molecule has 0 saturated carbocycles. The number of aryl methyl sites for hydroxylation is 1. The first kappa shape index (κ1) is 14.8. The van der Waals surface area contributed by atoms with Gasteiger partial charge in [0.15, 0.2) is 0 Å². The lowest BCUT2D eigenvalue weighted by Gasteiger charge is -2.09. The largest absolute Gasteiger partial charge is 0.369 e. The van der Waals surface area contributed by atoms with Crippen molar-refractivity contribution >= 4 is 38.8 Å². The SMILES string of the molecule is CC(C)CNC(=O)CCn1c(N)nc2ccc(Br)cc21. The zero-order chi connectivity index (χ0) is 14.7. The lowest BCUT2D eigenvalue weighted by Crippen LogP contribution is -2.28. The number of nitrogens with two attached hydrogens (primary N) is 1. The molecule has 0 unspecified atom stereocenters. The number of carbonyl (C=O) groups excluding carboxylic acids is 1. The fourth-order valence-corrected chi connectivity index (χ4v) is 2.32. The van der Waals surface area contributed by atoms with Gasteiger partial charge in [0.05, 0.1) is 11.0 Å². The standard InChI is InChI=1S/C14H19BrN4O/c1-9(2)8-17-13(20)5-6-19-12-7-10(15)3-4-11(12)18-14(19)16/h3-4,7,9H,5-6,8H2,1-2H3,(H2,16,18)(H,17,20). The number of aromatic nitrogens is 2. The van der Waals surface area contributed by atoms with Crippen LogP contribution in [0.25, 0.3) is 11.0 Å². The summed E-state index contributed by atoms with van der Waals surface area (Å²) in [7, 11) is 0. The first-order chi connectivity index (χ1) is 9.47. The molecule has 1 aromatic carbocycles. The van der Waals surface area contributed by atoms with Gasteiger partial charge in [-0.05, 0) is 24.1 Å². The number of hydrogen-bond donors (Lipinski definition) is 2. The molecule has 0 radical (unpaired) electrons. The Morgan fingerprint density at radius 2 is 2.25 bits per heavy atom. The van der Waals surface area contributed by atoms with Crippen molar-refractivity contribution in [2.45, 2.75) is 26.8 Å². The minimum atomic E-state index is 0.0370. The molecule has 0 fully saturated rings. The fraction of sp³-hybridized carbons (Fsp3) is 0.429. The quantitative estimate of drug-likeness (QED) is 0.879. The van der Waals surface area contributed by atoms with Crippen LogP contribution in [0, 0.1) is 5.92 Å². The number of anilines is 1. The van der Waals surface area contributed by atoms with Crippen molar-refractivity contribution in [1.82, 2.24) is 14.9 Å². The van der Waals surface area contributed by atoms with Crippen LogP contribution in [0.3, 0.4) is 0 Å². The van der Waals surface area contributed by atoms with Crippen molar-refractivity contribution in [3.63, 3.8) is 0 Å². The first-order valence-electron chi connectivity index (χ1n) is 6.65. The number of hydrogen-bond acceptors (Lipinski definition) is 3. The summed E-state index contributed by atoms with van der Waals surface area (Å²) in [5, 5.41) is 2.90. The Hall–Kier alpha value is -1.56. The van der Waals surface area contributed by atoms with Crippen molar-refractivity contribution in [3.05, 3.63) is 22.7 Å². The highest BCUT2D eigenvalue weighted by molar-refractivity contribution is 9.10. The maximum atomic E-state index is 11.8. The summed E-state index contributed by atoms with van der Waals surface area (Å²) in [6.07, 6.45) is 0.398. The van der Waals surface area contributed by atoms with E-state index in [-0.39, 0.29) is 5.91 Å². The van der Waals surface area contributed by atoms with Gasteiger partial charge in [-0.3, -0.25) is 4.79 Å². The zero-order valence-electron chi connectivity index (χ0n) is 11.7. The van der Waals surface area contributed by atoms with Gasteiger partial charge in [-0.1, -0.05) is 29.8 Å². The number of rotatable bonds is 5. The summed E-state index contributed by atoms with van der Waals surface area (Å²) < 4.78 is 2.84. The predicted molar refractivity (Wildman–Crippen MR) is 84.3 cm³/mol. The van der Waals surface area contributed by atoms with Crippen LogP contribution in [0.5, 0.6) is 0 Å². The molecule has 0 aliphatic heterocycles. The van der Waals surface area contributed by atoms with Gasteiger partial charge in [-0.15, -0.1) is 0 Å². The van der Waals surface area contributed by atoms with Crippen LogP contribution in [-0.4, -0.2) is 22.0 Å². The smallest absolute Gasteiger partial charge is 0.221 e. The van der Waals surface area contributed by atoms with Crippen LogP contribution in [0.15, 0.2) is 22.7 Å². The third-order valence-corrected chi connectivity index (χ3v) is 3.50. The molecule has 5 nitrogen and oxygen atoms in total. The number of carbonyl (C=O) groups is 1. The highest BCUT2D eigenvalue weighted by Crippen LogP contribution is 2.22. The molecule has 0 saturated heterocycles. The monoisotopic (exact) mass is 338 g/mol. The summed E-state index contributed by atoms with van der Waals surface area (Å²) in [5.74, 6) is 0.929. The molecular formula is C14H19BrN4O. The molecule has 1 heterocycles. The Morgan fingerprint density at radius 3 is 2.95 bits per heavy atom. The number of halogens is 1. The van der Waals surface area contributed by atoms with Crippen LogP contribution >= 0.6 is 15.9 Å². The van der Waals surface area contributed by atoms with Gasteiger partial charge in [-0.2, -0.15) is 0 Å². The van der Waals surface area contributed by atoms with Crippen molar-refractivity contribution < 1.29 is 4.79 Å². The first-order valence-corrected chi connectivity index (χ1v) is 7.44. The van der Waals surface area contributed by atoms with E-state index < -0.39 is 0 Å². The number of fused-ring (bicyclic) bond motifs is 1. The second-order valence-corrected chi connectivity index (χ2v) is 6.12. The molecule has 0 aliphatic rings. The van der Waals surface area contributed by atoms with E-state index in [2.05, 4.69) is 40.1 Å². The van der Waals surface area contributed by atoms with E-state index in [0.717, 1.165) is 15.5 Å². The molecule has 0 spiro atoms. The van der Waals surface area contributed by atoms with Gasteiger partial charge < -0.3 is 15.6 Å². The maximum Gasteiger partial charge on any atom is 0.221 e. The van der Waals surface area contributed by atoms with Gasteiger partial charge in [0.1, 0.15) is 0 Å². The summed E-state index contributed by atoms with van der Waals surface area (Å²) in [6.45, 7) is 5.37. The lowest BCUT2D eigenvalue weighted by molar-refractivity contribution is -0.121. The molecule has 2 aromatic rings. The van der Waals surface area contributed by atoms with Gasteiger partial charge >= 0.3 is 0 Å². The fourth-order valence-electron chi connectivity index (χ4n) is 1.97. The average molecular weight is 339 g/mol. The second kappa shape index (κ2) is 6.26. The number of nitrogens with zero attached hydrogens (tertiary/aromatic N) is 2. The van der Waals surface area contributed by atoms with E-state index >= 15 is 0 Å². The highest BCUT2D eigenvalue weighted by Gasteiger charge is 2.10. The van der Waals surface area contributed by atoms with E-state index in [1.165, 1.54) is 0 Å². The minimum absolute atomic E-state index is 0.0370. The zero-order valence-corrected chi connectivity index (χ0v) is 13.3. The number of imidazole rings is 1. The molecule has 20 heavy (non-hydrogen) atoms. The molecular weight excluding hydrogens is 320 g/mol. The maximum absolute atomic E-state index is 11.8. The predicted octanol–water partition coefficient (Wildman–Crippen LogP) is 2.54. The van der Waals surface area contributed by atoms with Crippen molar-refractivity contribution in [2.24, 2.45) is 5.92 Å². The average Bonchev–Trinajstić information content (AvgIpc) is 2.69. The molecule has 1 aromatic heterocycles. The normalized spacial score (nSPS) is 11.2. The van der Waals surface area contributed by atoms with Crippen molar-refractivity contribution in [1.29, 1.82) is 0 Å². The van der Waals surface area contributed by atoms with Crippen LogP contribution in [-0.2, 0) is 11.3 Å². The molecule has 0 bridgehead atoms. The Balaban J connectivity index is 2.08. The van der Waals surface area contributed by atoms with Crippen LogP contribution in [0.1, 0.15) is 20.3 Å². The van der Waals surface area contributed by atoms with Gasteiger partial charge in [-0.25, -0.2) is 4.98 Å². The second-order valence-electron chi connectivity index (χ2n) is 5.20. The summed E-state index contributed by atoms with van der Waals surface area (Å²) in [5.41, 5.74) is 7.70. The number of amides is 1. The van der Waals surface area contributed by atoms with E-state index in [1.807, 2.05) is 22.8 Å². The lowest BCUT2D eigenvalue weighted by atomic mass is 10.2. The van der Waals surface area contributed by atoms with Gasteiger partial charge in [0.2, 0.25) is 11.9 Å². The van der Waals surface area contributed by atoms with E-state index in [1.54, 1.807) is 0 Å². The van der Waals surface area contributed by atoms with E-state index in [0.29, 0.717) is 31.4 Å². The van der Waals surface area contributed by atoms with Crippen LogP contribution < -0.4 is 11.1 Å². The topological polar surface area (TPSA) is 72.9 Å². The van der Waals surface area contributed by atoms with E-state index in [4.69, 9.17) is 5.73 Å². The van der Waals surface area contributed by atoms with Crippen molar-refractivity contribution in [2.75, 3.05) is 12.3 Å². The number of benzene rings is 1. The highest BCUT2D eigenvalue weighted by atomic mass is 79.9. The number of nitrogen functional groups attached to an aromatic ring is 1. The Morgan fingerprint density at radius 1 is 1.50 bits per heavy atom. The Kier molecular flexibility index (Phi) is 4.65. The van der Waals surface area contributed by atoms with Crippen LogP contribution in [0.2, 0.25) is 0 Å². The molecule has 108 valence electrons. The summed E-state index contributed by atoms with van der Waals surface area (Å²) in [4.78, 5) is 16.1. The van der Waals surface area contributed by atoms with Gasteiger partial charge in [0, 0.05) is 24.0 Å². The Bertz CT molecular complexity index is 621. The number of nitrogens with one attached hydrogen (secondary N) is 1. The third-order valence-electron chi connectivity index (χ3n) is 3.01. The molecule has 1 amide bonds. The van der Waals surface area contributed by atoms with Crippen molar-refractivity contribution in [3.8, 4) is 0 Å². The molecule has 6 heteroatoms. The molecule has 2 rings (SSSR count). The molecule has 0 atom stereocenters. The summed E-state index contributed by atoms with van der Waals surface area (Å²) >= 11 is 3.44. The van der Waals surface area contributed by atoms with Gasteiger partial charge in [0.25, 0.3) is 0 Å². The summed E-state index contributed by atoms with van der Waals surface area (Å²) in [6, 6.07) is 5.80. The molecule has 3 N–H and O–H groups in total. The molecule has 0 aliphatic carbocycles. The van der Waals surface area contributed by atoms with Crippen LogP contribution in [0.4, 0.5) is 5.95 Å². The minimum Gasteiger partial charge on any atom is -0.369 e. The van der Waals surface area contributed by atoms with E-state index in [9.17, 15) is 4.79 Å². The Labute approximate surface area is 126 Å².